The summed E-state index contributed by atoms with van der Waals surface area (Å²) in [5, 5.41) is 12.6. The van der Waals surface area contributed by atoms with Crippen molar-refractivity contribution in [2.75, 3.05) is 6.61 Å². The summed E-state index contributed by atoms with van der Waals surface area (Å²) < 4.78 is 13.3. The van der Waals surface area contributed by atoms with Crippen LogP contribution in [0.5, 0.6) is 0 Å². The van der Waals surface area contributed by atoms with E-state index in [0.29, 0.717) is 6.42 Å². The van der Waals surface area contributed by atoms with Gasteiger partial charge in [-0.15, -0.1) is 0 Å². The van der Waals surface area contributed by atoms with E-state index in [-0.39, 0.29) is 30.8 Å². The Balaban J connectivity index is 2.22. The fourth-order valence-electron chi connectivity index (χ4n) is 2.30. The second kappa shape index (κ2) is 6.05. The first-order valence-electron chi connectivity index (χ1n) is 6.72. The molecule has 0 aliphatic heterocycles. The molecular weight excluding hydrogens is 259 g/mol. The van der Waals surface area contributed by atoms with Crippen molar-refractivity contribution in [3.05, 3.63) is 35.3 Å². The number of rotatable bonds is 5. The molecule has 0 saturated carbocycles. The first-order chi connectivity index (χ1) is 9.55. The van der Waals surface area contributed by atoms with Crippen molar-refractivity contribution in [2.45, 2.75) is 32.7 Å². The molecule has 108 valence electrons. The molecule has 1 atom stereocenters. The van der Waals surface area contributed by atoms with Gasteiger partial charge in [-0.2, -0.15) is 0 Å². The number of aryl methyl sites for hydroxylation is 1. The summed E-state index contributed by atoms with van der Waals surface area (Å²) in [5.41, 5.74) is 2.48. The monoisotopic (exact) mass is 278 g/mol. The minimum absolute atomic E-state index is 0.0796. The molecule has 5 heteroatoms. The summed E-state index contributed by atoms with van der Waals surface area (Å²) in [6, 6.07) is 4.26. The average Bonchev–Trinajstić information content (AvgIpc) is 2.72. The molecule has 0 aliphatic carbocycles. The molecule has 20 heavy (non-hydrogen) atoms. The Hall–Kier alpha value is -1.88. The number of benzene rings is 1. The van der Waals surface area contributed by atoms with Crippen LogP contribution in [0.1, 0.15) is 24.6 Å². The van der Waals surface area contributed by atoms with Gasteiger partial charge in [-0.3, -0.25) is 4.79 Å². The van der Waals surface area contributed by atoms with E-state index in [1.165, 1.54) is 12.1 Å². The van der Waals surface area contributed by atoms with E-state index in [1.54, 1.807) is 6.07 Å². The highest BCUT2D eigenvalue weighted by Crippen LogP contribution is 2.23. The van der Waals surface area contributed by atoms with Crippen molar-refractivity contribution in [3.63, 3.8) is 0 Å². The number of aliphatic hydroxyl groups excluding tert-OH is 1. The van der Waals surface area contributed by atoms with Gasteiger partial charge in [0.15, 0.2) is 0 Å². The molecule has 1 unspecified atom stereocenters. The number of aliphatic hydroxyl groups is 1. The van der Waals surface area contributed by atoms with E-state index in [9.17, 15) is 9.18 Å². The molecule has 0 radical (unpaired) electrons. The van der Waals surface area contributed by atoms with Gasteiger partial charge < -0.3 is 15.4 Å². The zero-order valence-corrected chi connectivity index (χ0v) is 11.7. The van der Waals surface area contributed by atoms with E-state index in [1.807, 2.05) is 13.8 Å². The normalized spacial score (nSPS) is 12.6. The molecule has 0 aliphatic rings. The van der Waals surface area contributed by atoms with E-state index < -0.39 is 0 Å². The molecule has 0 spiro atoms. The molecule has 0 bridgehead atoms. The number of aromatic amines is 1. The fourth-order valence-corrected chi connectivity index (χ4v) is 2.30. The van der Waals surface area contributed by atoms with Crippen LogP contribution in [0.15, 0.2) is 18.2 Å². The largest absolute Gasteiger partial charge is 0.394 e. The van der Waals surface area contributed by atoms with E-state index in [4.69, 9.17) is 5.11 Å². The summed E-state index contributed by atoms with van der Waals surface area (Å²) in [4.78, 5) is 15.1. The van der Waals surface area contributed by atoms with Gasteiger partial charge in [-0.25, -0.2) is 4.39 Å². The van der Waals surface area contributed by atoms with Crippen molar-refractivity contribution in [1.29, 1.82) is 0 Å². The van der Waals surface area contributed by atoms with Crippen LogP contribution in [0.25, 0.3) is 10.9 Å². The maximum absolute atomic E-state index is 13.3. The van der Waals surface area contributed by atoms with Crippen LogP contribution in [-0.2, 0) is 11.2 Å². The number of amides is 1. The van der Waals surface area contributed by atoms with Crippen LogP contribution in [0.2, 0.25) is 0 Å². The molecule has 1 heterocycles. The number of H-pyrrole nitrogens is 1. The van der Waals surface area contributed by atoms with Crippen LogP contribution in [0.4, 0.5) is 4.39 Å². The Bertz CT molecular complexity index is 618. The number of aromatic nitrogens is 1. The zero-order chi connectivity index (χ0) is 14.7. The number of fused-ring (bicyclic) bond motifs is 1. The Morgan fingerprint density at radius 1 is 1.50 bits per heavy atom. The lowest BCUT2D eigenvalue weighted by atomic mass is 10.1. The maximum atomic E-state index is 13.3. The first kappa shape index (κ1) is 14.5. The lowest BCUT2D eigenvalue weighted by molar-refractivity contribution is -0.121. The van der Waals surface area contributed by atoms with Crippen LogP contribution in [-0.4, -0.2) is 28.6 Å². The molecular formula is C15H19FN2O2. The highest BCUT2D eigenvalue weighted by Gasteiger charge is 2.15. The van der Waals surface area contributed by atoms with Gasteiger partial charge >= 0.3 is 0 Å². The third-order valence-corrected chi connectivity index (χ3v) is 3.50. The van der Waals surface area contributed by atoms with Gasteiger partial charge in [0.1, 0.15) is 5.82 Å². The zero-order valence-electron chi connectivity index (χ0n) is 11.7. The summed E-state index contributed by atoms with van der Waals surface area (Å²) >= 11 is 0. The molecule has 1 aromatic heterocycles. The van der Waals surface area contributed by atoms with Gasteiger partial charge in [0.05, 0.1) is 19.1 Å². The molecule has 1 amide bonds. The topological polar surface area (TPSA) is 65.1 Å². The predicted octanol–water partition coefficient (Wildman–Crippen LogP) is 2.05. The second-order valence-corrected chi connectivity index (χ2v) is 4.95. The first-order valence-corrected chi connectivity index (χ1v) is 6.72. The minimum Gasteiger partial charge on any atom is -0.394 e. The van der Waals surface area contributed by atoms with Crippen molar-refractivity contribution in [1.82, 2.24) is 10.3 Å². The summed E-state index contributed by atoms with van der Waals surface area (Å²) in [6.45, 7) is 3.68. The predicted molar refractivity (Wildman–Crippen MR) is 76.0 cm³/mol. The summed E-state index contributed by atoms with van der Waals surface area (Å²) in [7, 11) is 0. The summed E-state index contributed by atoms with van der Waals surface area (Å²) in [6.07, 6.45) is 0.843. The standard InChI is InChI=1S/C15H19FN2O2/c1-3-11(8-19)18-15(20)7-12-9(2)17-14-5-4-10(16)6-13(12)14/h4-6,11,17,19H,3,7-8H2,1-2H3,(H,18,20). The van der Waals surface area contributed by atoms with Crippen LogP contribution in [0.3, 0.4) is 0 Å². The quantitative estimate of drug-likeness (QED) is 0.783. The average molecular weight is 278 g/mol. The highest BCUT2D eigenvalue weighted by molar-refractivity contribution is 5.90. The Morgan fingerprint density at radius 2 is 2.25 bits per heavy atom. The van der Waals surface area contributed by atoms with E-state index in [2.05, 4.69) is 10.3 Å². The number of carbonyl (C=O) groups is 1. The van der Waals surface area contributed by atoms with Gasteiger partial charge in [-0.1, -0.05) is 6.92 Å². The van der Waals surface area contributed by atoms with Crippen molar-refractivity contribution < 1.29 is 14.3 Å². The molecule has 2 aromatic rings. The molecule has 0 saturated heterocycles. The smallest absolute Gasteiger partial charge is 0.224 e. The molecule has 3 N–H and O–H groups in total. The molecule has 1 aromatic carbocycles. The third-order valence-electron chi connectivity index (χ3n) is 3.50. The Kier molecular flexibility index (Phi) is 4.39. The maximum Gasteiger partial charge on any atom is 0.224 e. The van der Waals surface area contributed by atoms with Gasteiger partial charge in [0, 0.05) is 16.6 Å². The van der Waals surface area contributed by atoms with Crippen molar-refractivity contribution in [2.24, 2.45) is 0 Å². The Morgan fingerprint density at radius 3 is 2.90 bits per heavy atom. The molecule has 0 fully saturated rings. The number of hydrogen-bond acceptors (Lipinski definition) is 2. The third kappa shape index (κ3) is 2.99. The van der Waals surface area contributed by atoms with Crippen LogP contribution in [0, 0.1) is 12.7 Å². The van der Waals surface area contributed by atoms with Gasteiger partial charge in [-0.05, 0) is 37.1 Å². The Labute approximate surface area is 117 Å². The number of halogens is 1. The number of hydrogen-bond donors (Lipinski definition) is 3. The van der Waals surface area contributed by atoms with E-state index >= 15 is 0 Å². The summed E-state index contributed by atoms with van der Waals surface area (Å²) in [5.74, 6) is -0.487. The fraction of sp³-hybridized carbons (Fsp3) is 0.400. The second-order valence-electron chi connectivity index (χ2n) is 4.95. The number of nitrogens with one attached hydrogen (secondary N) is 2. The van der Waals surface area contributed by atoms with E-state index in [0.717, 1.165) is 22.2 Å². The van der Waals surface area contributed by atoms with Crippen LogP contribution >= 0.6 is 0 Å². The SMILES string of the molecule is CCC(CO)NC(=O)Cc1c(C)[nH]c2ccc(F)cc12. The van der Waals surface area contributed by atoms with Crippen LogP contribution < -0.4 is 5.32 Å². The highest BCUT2D eigenvalue weighted by atomic mass is 19.1. The lowest BCUT2D eigenvalue weighted by Gasteiger charge is -2.13. The number of carbonyl (C=O) groups excluding carboxylic acids is 1. The lowest BCUT2D eigenvalue weighted by Crippen LogP contribution is -2.37. The van der Waals surface area contributed by atoms with Gasteiger partial charge in [0.2, 0.25) is 5.91 Å². The van der Waals surface area contributed by atoms with Crippen molar-refractivity contribution >= 4 is 16.8 Å². The van der Waals surface area contributed by atoms with Gasteiger partial charge in [0.25, 0.3) is 0 Å². The molecule has 2 rings (SSSR count). The molecule has 4 nitrogen and oxygen atoms in total. The van der Waals surface area contributed by atoms with Crippen molar-refractivity contribution in [3.8, 4) is 0 Å². The minimum atomic E-state index is -0.319.